The normalized spacial score (nSPS) is 10.2. The summed E-state index contributed by atoms with van der Waals surface area (Å²) in [6, 6.07) is 12.1. The van der Waals surface area contributed by atoms with E-state index >= 15 is 0 Å². The molecule has 2 aromatic rings. The zero-order valence-electron chi connectivity index (χ0n) is 16.4. The number of rotatable bonds is 9. The molecule has 154 valence electrons. The van der Waals surface area contributed by atoms with E-state index in [4.69, 9.17) is 4.74 Å². The minimum Gasteiger partial charge on any atom is -0.497 e. The van der Waals surface area contributed by atoms with E-state index in [1.165, 1.54) is 36.3 Å². The van der Waals surface area contributed by atoms with Crippen LogP contribution in [0, 0.1) is 5.82 Å². The molecule has 2 N–H and O–H groups in total. The van der Waals surface area contributed by atoms with Crippen LogP contribution < -0.4 is 15.4 Å². The number of benzene rings is 2. The van der Waals surface area contributed by atoms with Gasteiger partial charge in [-0.15, -0.1) is 0 Å². The summed E-state index contributed by atoms with van der Waals surface area (Å²) >= 11 is 0. The maximum absolute atomic E-state index is 12.9. The first-order valence-corrected chi connectivity index (χ1v) is 9.10. The standard InChI is InChI=1S/C21H24FN3O4/c1-25(14-19(26)24-17-5-3-6-18(13-17)29-2)20(27)7-4-12-23-21(28)15-8-10-16(22)11-9-15/h3,5-6,8-11,13H,4,7,12,14H2,1-2H3,(H,23,28)(H,24,26). The second kappa shape index (κ2) is 10.8. The average Bonchev–Trinajstić information content (AvgIpc) is 2.71. The molecule has 3 amide bonds. The Bertz CT molecular complexity index is 855. The first-order chi connectivity index (χ1) is 13.9. The van der Waals surface area contributed by atoms with Crippen LogP contribution in [0.3, 0.4) is 0 Å². The van der Waals surface area contributed by atoms with Crippen molar-refractivity contribution in [2.45, 2.75) is 12.8 Å². The summed E-state index contributed by atoms with van der Waals surface area (Å²) in [6.07, 6.45) is 0.611. The van der Waals surface area contributed by atoms with Crippen LogP contribution in [0.2, 0.25) is 0 Å². The SMILES string of the molecule is COc1cccc(NC(=O)CN(C)C(=O)CCCNC(=O)c2ccc(F)cc2)c1. The third kappa shape index (κ3) is 7.25. The Kier molecular flexibility index (Phi) is 8.14. The Morgan fingerprint density at radius 3 is 2.52 bits per heavy atom. The number of nitrogens with zero attached hydrogens (tertiary/aromatic N) is 1. The van der Waals surface area contributed by atoms with Gasteiger partial charge in [0.1, 0.15) is 11.6 Å². The van der Waals surface area contributed by atoms with Crippen molar-refractivity contribution >= 4 is 23.4 Å². The van der Waals surface area contributed by atoms with Gasteiger partial charge in [-0.3, -0.25) is 14.4 Å². The number of carbonyl (C=O) groups is 3. The third-order valence-corrected chi connectivity index (χ3v) is 4.12. The number of likely N-dealkylation sites (N-methyl/N-ethyl adjacent to an activating group) is 1. The summed E-state index contributed by atoms with van der Waals surface area (Å²) in [5.41, 5.74) is 0.933. The molecular formula is C21H24FN3O4. The molecule has 8 heteroatoms. The Morgan fingerprint density at radius 2 is 1.83 bits per heavy atom. The fourth-order valence-electron chi connectivity index (χ4n) is 2.54. The van der Waals surface area contributed by atoms with Gasteiger partial charge in [-0.1, -0.05) is 6.07 Å². The molecule has 0 aliphatic carbocycles. The van der Waals surface area contributed by atoms with E-state index in [2.05, 4.69) is 10.6 Å². The van der Waals surface area contributed by atoms with E-state index in [-0.39, 0.29) is 30.7 Å². The molecule has 0 fully saturated rings. The Balaban J connectivity index is 1.69. The quantitative estimate of drug-likeness (QED) is 0.632. The van der Waals surface area contributed by atoms with Crippen molar-refractivity contribution in [1.29, 1.82) is 0 Å². The Labute approximate surface area is 168 Å². The lowest BCUT2D eigenvalue weighted by atomic mass is 10.2. The highest BCUT2D eigenvalue weighted by molar-refractivity contribution is 5.95. The van der Waals surface area contributed by atoms with Gasteiger partial charge in [0.2, 0.25) is 11.8 Å². The second-order valence-corrected chi connectivity index (χ2v) is 6.40. The van der Waals surface area contributed by atoms with Crippen molar-refractivity contribution in [2.75, 3.05) is 32.6 Å². The molecule has 0 aromatic heterocycles. The zero-order valence-corrected chi connectivity index (χ0v) is 16.4. The number of anilines is 1. The van der Waals surface area contributed by atoms with Gasteiger partial charge in [0.25, 0.3) is 5.91 Å². The lowest BCUT2D eigenvalue weighted by Gasteiger charge is -2.17. The van der Waals surface area contributed by atoms with Crippen molar-refractivity contribution in [3.8, 4) is 5.75 Å². The van der Waals surface area contributed by atoms with E-state index in [0.29, 0.717) is 30.0 Å². The highest BCUT2D eigenvalue weighted by atomic mass is 19.1. The molecule has 0 unspecified atom stereocenters. The van der Waals surface area contributed by atoms with Crippen LogP contribution in [0.5, 0.6) is 5.75 Å². The Hall–Kier alpha value is -3.42. The number of hydrogen-bond donors (Lipinski definition) is 2. The van der Waals surface area contributed by atoms with Crippen molar-refractivity contribution in [3.63, 3.8) is 0 Å². The van der Waals surface area contributed by atoms with Gasteiger partial charge in [0.15, 0.2) is 0 Å². The van der Waals surface area contributed by atoms with Crippen LogP contribution in [0.4, 0.5) is 10.1 Å². The van der Waals surface area contributed by atoms with Crippen LogP contribution in [0.15, 0.2) is 48.5 Å². The molecule has 2 rings (SSSR count). The maximum Gasteiger partial charge on any atom is 0.251 e. The predicted octanol–water partition coefficient (Wildman–Crippen LogP) is 2.44. The number of hydrogen-bond acceptors (Lipinski definition) is 4. The van der Waals surface area contributed by atoms with Crippen LogP contribution in [-0.2, 0) is 9.59 Å². The summed E-state index contributed by atoms with van der Waals surface area (Å²) in [5.74, 6) is -0.649. The van der Waals surface area contributed by atoms with Gasteiger partial charge in [-0.05, 0) is 42.8 Å². The number of carbonyl (C=O) groups excluding carboxylic acids is 3. The van der Waals surface area contributed by atoms with Crippen LogP contribution in [0.25, 0.3) is 0 Å². The number of amides is 3. The average molecular weight is 401 g/mol. The minimum atomic E-state index is -0.411. The first kappa shape index (κ1) is 21.9. The lowest BCUT2D eigenvalue weighted by molar-refractivity contribution is -0.133. The molecule has 2 aromatic carbocycles. The molecule has 0 saturated heterocycles. The van der Waals surface area contributed by atoms with E-state index in [1.54, 1.807) is 31.3 Å². The fraction of sp³-hybridized carbons (Fsp3) is 0.286. The predicted molar refractivity (Wildman–Crippen MR) is 107 cm³/mol. The van der Waals surface area contributed by atoms with Gasteiger partial charge in [0, 0.05) is 37.3 Å². The van der Waals surface area contributed by atoms with E-state index < -0.39 is 5.82 Å². The van der Waals surface area contributed by atoms with Gasteiger partial charge < -0.3 is 20.3 Å². The summed E-state index contributed by atoms with van der Waals surface area (Å²) in [7, 11) is 3.08. The topological polar surface area (TPSA) is 87.7 Å². The molecule has 0 heterocycles. The molecule has 0 atom stereocenters. The van der Waals surface area contributed by atoms with Gasteiger partial charge in [-0.2, -0.15) is 0 Å². The van der Waals surface area contributed by atoms with Crippen LogP contribution >= 0.6 is 0 Å². The highest BCUT2D eigenvalue weighted by Gasteiger charge is 2.13. The van der Waals surface area contributed by atoms with Crippen LogP contribution in [0.1, 0.15) is 23.2 Å². The van der Waals surface area contributed by atoms with Crippen molar-refractivity contribution in [3.05, 3.63) is 59.9 Å². The van der Waals surface area contributed by atoms with E-state index in [0.717, 1.165) is 0 Å². The molecule has 0 radical (unpaired) electrons. The van der Waals surface area contributed by atoms with Gasteiger partial charge in [0.05, 0.1) is 13.7 Å². The molecule has 29 heavy (non-hydrogen) atoms. The first-order valence-electron chi connectivity index (χ1n) is 9.10. The molecule has 7 nitrogen and oxygen atoms in total. The highest BCUT2D eigenvalue weighted by Crippen LogP contribution is 2.16. The van der Waals surface area contributed by atoms with Crippen LogP contribution in [-0.4, -0.2) is 49.9 Å². The van der Waals surface area contributed by atoms with E-state index in [9.17, 15) is 18.8 Å². The molecule has 0 spiro atoms. The third-order valence-electron chi connectivity index (χ3n) is 4.12. The lowest BCUT2D eigenvalue weighted by Crippen LogP contribution is -2.35. The smallest absolute Gasteiger partial charge is 0.251 e. The number of halogens is 1. The molecule has 0 saturated carbocycles. The summed E-state index contributed by atoms with van der Waals surface area (Å²) in [4.78, 5) is 37.5. The largest absolute Gasteiger partial charge is 0.497 e. The van der Waals surface area contributed by atoms with E-state index in [1.807, 2.05) is 0 Å². The van der Waals surface area contributed by atoms with Crippen molar-refractivity contribution < 1.29 is 23.5 Å². The van der Waals surface area contributed by atoms with Crippen molar-refractivity contribution in [2.24, 2.45) is 0 Å². The second-order valence-electron chi connectivity index (χ2n) is 6.40. The van der Waals surface area contributed by atoms with Gasteiger partial charge in [-0.25, -0.2) is 4.39 Å². The molecule has 0 aliphatic rings. The van der Waals surface area contributed by atoms with Gasteiger partial charge >= 0.3 is 0 Å². The summed E-state index contributed by atoms with van der Waals surface area (Å²) in [5, 5.41) is 5.38. The van der Waals surface area contributed by atoms with Crippen molar-refractivity contribution in [1.82, 2.24) is 10.2 Å². The molecule has 0 bridgehead atoms. The minimum absolute atomic E-state index is 0.0853. The Morgan fingerprint density at radius 1 is 1.10 bits per heavy atom. The summed E-state index contributed by atoms with van der Waals surface area (Å²) < 4.78 is 18.0. The summed E-state index contributed by atoms with van der Waals surface area (Å²) in [6.45, 7) is 0.212. The monoisotopic (exact) mass is 401 g/mol. The fourth-order valence-corrected chi connectivity index (χ4v) is 2.54. The molecular weight excluding hydrogens is 377 g/mol. The zero-order chi connectivity index (χ0) is 21.2. The number of methoxy groups -OCH3 is 1. The maximum atomic E-state index is 12.9. The number of nitrogens with one attached hydrogen (secondary N) is 2. The number of ether oxygens (including phenoxy) is 1. The molecule has 0 aliphatic heterocycles.